The van der Waals surface area contributed by atoms with Crippen LogP contribution in [0.4, 0.5) is 17.6 Å². The van der Waals surface area contributed by atoms with Gasteiger partial charge in [0.15, 0.2) is 11.5 Å². The molecular weight excluding hydrogens is 408 g/mol. The van der Waals surface area contributed by atoms with Crippen LogP contribution >= 0.6 is 12.4 Å². The summed E-state index contributed by atoms with van der Waals surface area (Å²) in [7, 11) is 1.36. The molecule has 28 heavy (non-hydrogen) atoms. The Kier molecular flexibility index (Phi) is 6.77. The molecule has 0 unspecified atom stereocenters. The van der Waals surface area contributed by atoms with Crippen LogP contribution in [0, 0.1) is 0 Å². The predicted molar refractivity (Wildman–Crippen MR) is 91.1 cm³/mol. The first kappa shape index (κ1) is 21.8. The normalized spacial score (nSPS) is 19.2. The smallest absolute Gasteiger partial charge is 0.434 e. The van der Waals surface area contributed by atoms with E-state index in [2.05, 4.69) is 25.7 Å². The summed E-state index contributed by atoms with van der Waals surface area (Å²) in [5, 5.41) is 9.48. The Morgan fingerprint density at radius 1 is 1.39 bits per heavy atom. The summed E-state index contributed by atoms with van der Waals surface area (Å²) in [6.07, 6.45) is -2.56. The van der Waals surface area contributed by atoms with E-state index in [9.17, 15) is 22.4 Å². The molecule has 3 rings (SSSR count). The molecule has 1 saturated heterocycles. The molecule has 0 saturated carbocycles. The van der Waals surface area contributed by atoms with E-state index < -0.39 is 24.1 Å². The van der Waals surface area contributed by atoms with E-state index in [0.29, 0.717) is 11.8 Å². The highest BCUT2D eigenvalue weighted by atomic mass is 35.5. The van der Waals surface area contributed by atoms with Gasteiger partial charge in [-0.3, -0.25) is 4.79 Å². The fourth-order valence-corrected chi connectivity index (χ4v) is 2.59. The first-order valence-electron chi connectivity index (χ1n) is 7.95. The Morgan fingerprint density at radius 3 is 2.68 bits per heavy atom. The molecule has 1 fully saturated rings. The molecule has 154 valence electrons. The average molecular weight is 425 g/mol. The van der Waals surface area contributed by atoms with Crippen LogP contribution in [0.2, 0.25) is 0 Å². The van der Waals surface area contributed by atoms with E-state index in [1.807, 2.05) is 0 Å². The highest BCUT2D eigenvalue weighted by Crippen LogP contribution is 2.27. The number of carbonyl (C=O) groups is 1. The number of alkyl halides is 4. The number of hydrogen-bond donors (Lipinski definition) is 2. The van der Waals surface area contributed by atoms with Crippen molar-refractivity contribution in [2.45, 2.75) is 31.4 Å². The van der Waals surface area contributed by atoms with Gasteiger partial charge in [0.2, 0.25) is 11.8 Å². The number of ether oxygens (including phenoxy) is 1. The number of aromatic nitrogens is 4. The Hall–Kier alpha value is -2.47. The zero-order chi connectivity index (χ0) is 19.6. The van der Waals surface area contributed by atoms with Crippen LogP contribution in [-0.2, 0) is 17.5 Å². The molecule has 0 aromatic carbocycles. The van der Waals surface area contributed by atoms with E-state index in [1.54, 1.807) is 0 Å². The molecular formula is C15H17ClF4N6O2. The SMILES string of the molecule is COc1nn(-c2cnc(C(F)(F)F)cn2)cc1CNC(=O)[C@H]1C[C@@H](F)CN1.Cl. The van der Waals surface area contributed by atoms with Crippen LogP contribution in [0.25, 0.3) is 5.82 Å². The molecule has 0 aliphatic carbocycles. The number of nitrogens with one attached hydrogen (secondary N) is 2. The van der Waals surface area contributed by atoms with E-state index in [1.165, 1.54) is 18.0 Å². The topological polar surface area (TPSA) is 94.0 Å². The van der Waals surface area contributed by atoms with Gasteiger partial charge in [0.25, 0.3) is 0 Å². The van der Waals surface area contributed by atoms with Crippen LogP contribution in [0.1, 0.15) is 17.7 Å². The monoisotopic (exact) mass is 424 g/mol. The molecule has 0 radical (unpaired) electrons. The molecule has 2 N–H and O–H groups in total. The Balaban J connectivity index is 0.00000280. The first-order chi connectivity index (χ1) is 12.8. The highest BCUT2D eigenvalue weighted by molar-refractivity contribution is 5.85. The third kappa shape index (κ3) is 4.87. The molecule has 3 heterocycles. The quantitative estimate of drug-likeness (QED) is 0.705. The molecule has 1 aliphatic rings. The lowest BCUT2D eigenvalue weighted by Crippen LogP contribution is -2.40. The zero-order valence-corrected chi connectivity index (χ0v) is 15.4. The third-order valence-electron chi connectivity index (χ3n) is 3.95. The van der Waals surface area contributed by atoms with Crippen molar-refractivity contribution in [2.75, 3.05) is 13.7 Å². The van der Waals surface area contributed by atoms with Gasteiger partial charge in [-0.1, -0.05) is 0 Å². The maximum atomic E-state index is 13.2. The molecule has 0 spiro atoms. The molecule has 1 amide bonds. The van der Waals surface area contributed by atoms with E-state index in [0.717, 1.165) is 6.20 Å². The van der Waals surface area contributed by atoms with Gasteiger partial charge < -0.3 is 15.4 Å². The summed E-state index contributed by atoms with van der Waals surface area (Å²) in [6.45, 7) is 0.178. The molecule has 8 nitrogen and oxygen atoms in total. The Morgan fingerprint density at radius 2 is 2.14 bits per heavy atom. The summed E-state index contributed by atoms with van der Waals surface area (Å²) in [5.41, 5.74) is -0.643. The van der Waals surface area contributed by atoms with Crippen LogP contribution in [0.3, 0.4) is 0 Å². The fourth-order valence-electron chi connectivity index (χ4n) is 2.59. The van der Waals surface area contributed by atoms with Gasteiger partial charge in [-0.15, -0.1) is 17.5 Å². The Bertz CT molecular complexity index is 814. The standard InChI is InChI=1S/C15H16F4N6O2.ClH/c1-27-14-8(3-23-13(26)10-2-9(16)4-20-10)7-25(24-14)12-6-21-11(5-22-12)15(17,18)19;/h5-7,9-10,20H,2-4H2,1H3,(H,23,26);1H/t9-,10-;/m1./s1. The zero-order valence-electron chi connectivity index (χ0n) is 14.5. The first-order valence-corrected chi connectivity index (χ1v) is 7.95. The van der Waals surface area contributed by atoms with Crippen molar-refractivity contribution >= 4 is 18.3 Å². The number of halogens is 5. The van der Waals surface area contributed by atoms with Gasteiger partial charge in [0.1, 0.15) is 6.17 Å². The summed E-state index contributed by atoms with van der Waals surface area (Å²) in [5.74, 6) is -0.143. The van der Waals surface area contributed by atoms with Gasteiger partial charge in [-0.25, -0.2) is 19.0 Å². The van der Waals surface area contributed by atoms with Crippen molar-refractivity contribution in [1.82, 2.24) is 30.4 Å². The van der Waals surface area contributed by atoms with Gasteiger partial charge >= 0.3 is 6.18 Å². The number of carbonyl (C=O) groups excluding carboxylic acids is 1. The fraction of sp³-hybridized carbons (Fsp3) is 0.467. The lowest BCUT2D eigenvalue weighted by Gasteiger charge is -2.10. The summed E-state index contributed by atoms with van der Waals surface area (Å²) >= 11 is 0. The second-order valence-electron chi connectivity index (χ2n) is 5.88. The second-order valence-corrected chi connectivity index (χ2v) is 5.88. The molecule has 2 atom stereocenters. The highest BCUT2D eigenvalue weighted by Gasteiger charge is 2.33. The van der Waals surface area contributed by atoms with Crippen molar-refractivity contribution in [1.29, 1.82) is 0 Å². The van der Waals surface area contributed by atoms with Crippen molar-refractivity contribution in [3.05, 3.63) is 29.8 Å². The average Bonchev–Trinajstić information content (AvgIpc) is 3.25. The summed E-state index contributed by atoms with van der Waals surface area (Å²) in [4.78, 5) is 19.1. The van der Waals surface area contributed by atoms with E-state index in [4.69, 9.17) is 4.74 Å². The lowest BCUT2D eigenvalue weighted by molar-refractivity contribution is -0.141. The maximum Gasteiger partial charge on any atom is 0.434 e. The van der Waals surface area contributed by atoms with Crippen LogP contribution < -0.4 is 15.4 Å². The molecule has 0 bridgehead atoms. The van der Waals surface area contributed by atoms with Crippen LogP contribution in [0.15, 0.2) is 18.6 Å². The molecule has 13 heteroatoms. The van der Waals surface area contributed by atoms with E-state index >= 15 is 0 Å². The Labute approximate surface area is 163 Å². The van der Waals surface area contributed by atoms with Gasteiger partial charge in [0, 0.05) is 25.7 Å². The largest absolute Gasteiger partial charge is 0.480 e. The van der Waals surface area contributed by atoms with Gasteiger partial charge in [0.05, 0.1) is 31.1 Å². The molecule has 1 aliphatic heterocycles. The second kappa shape index (κ2) is 8.69. The van der Waals surface area contributed by atoms with Crippen LogP contribution in [0.5, 0.6) is 5.88 Å². The number of amides is 1. The number of methoxy groups -OCH3 is 1. The predicted octanol–water partition coefficient (Wildman–Crippen LogP) is 1.43. The third-order valence-corrected chi connectivity index (χ3v) is 3.95. The molecule has 2 aromatic heterocycles. The minimum absolute atomic E-state index is 0. The van der Waals surface area contributed by atoms with Crippen molar-refractivity contribution in [3.8, 4) is 11.7 Å². The minimum Gasteiger partial charge on any atom is -0.480 e. The molecule has 2 aromatic rings. The lowest BCUT2D eigenvalue weighted by atomic mass is 10.2. The number of hydrogen-bond acceptors (Lipinski definition) is 6. The minimum atomic E-state index is -4.59. The summed E-state index contributed by atoms with van der Waals surface area (Å²) < 4.78 is 57.1. The summed E-state index contributed by atoms with van der Waals surface area (Å²) in [6, 6.07) is -0.609. The van der Waals surface area contributed by atoms with Gasteiger partial charge in [-0.2, -0.15) is 13.2 Å². The van der Waals surface area contributed by atoms with Crippen LogP contribution in [-0.4, -0.2) is 51.5 Å². The van der Waals surface area contributed by atoms with Crippen molar-refractivity contribution < 1.29 is 27.1 Å². The van der Waals surface area contributed by atoms with E-state index in [-0.39, 0.29) is 49.5 Å². The number of nitrogens with zero attached hydrogens (tertiary/aromatic N) is 4. The number of rotatable bonds is 5. The van der Waals surface area contributed by atoms with Crippen molar-refractivity contribution in [3.63, 3.8) is 0 Å². The van der Waals surface area contributed by atoms with Gasteiger partial charge in [-0.05, 0) is 0 Å². The maximum absolute atomic E-state index is 13.2. The van der Waals surface area contributed by atoms with Crippen molar-refractivity contribution in [2.24, 2.45) is 0 Å².